The third-order valence-corrected chi connectivity index (χ3v) is 7.50. The van der Waals surface area contributed by atoms with Crippen molar-refractivity contribution < 1.29 is 45.4 Å². The summed E-state index contributed by atoms with van der Waals surface area (Å²) in [6, 6.07) is 13.4. The number of benzene rings is 3. The number of amidine groups is 1. The largest absolute Gasteiger partial charge is 0.573 e. The highest BCUT2D eigenvalue weighted by atomic mass is 35.5. The molecule has 3 aromatic carbocycles. The number of nitrogens with zero attached hydrogens (tertiary/aromatic N) is 5. The fraction of sp³-hybridized carbons (Fsp3) is 0.207. The van der Waals surface area contributed by atoms with Crippen LogP contribution in [0.2, 0.25) is 5.02 Å². The number of ether oxygens (including phenoxy) is 2. The number of amides is 3. The van der Waals surface area contributed by atoms with E-state index in [1.165, 1.54) is 41.3 Å². The van der Waals surface area contributed by atoms with Gasteiger partial charge < -0.3 is 14.8 Å². The Morgan fingerprint density at radius 2 is 1.81 bits per heavy atom. The molecule has 4 aromatic rings. The number of aryl methyl sites for hydroxylation is 1. The molecule has 1 fully saturated rings. The van der Waals surface area contributed by atoms with Crippen LogP contribution in [0.3, 0.4) is 0 Å². The highest BCUT2D eigenvalue weighted by Crippen LogP contribution is 2.33. The lowest BCUT2D eigenvalue weighted by molar-refractivity contribution is -0.274. The summed E-state index contributed by atoms with van der Waals surface area (Å²) in [4.78, 5) is 35.1. The zero-order chi connectivity index (χ0) is 33.9. The molecule has 1 aliphatic heterocycles. The average Bonchev–Trinajstić information content (AvgIpc) is 3.61. The van der Waals surface area contributed by atoms with Gasteiger partial charge in [0.15, 0.2) is 11.0 Å². The van der Waals surface area contributed by atoms with Crippen molar-refractivity contribution in [1.29, 1.82) is 0 Å². The Morgan fingerprint density at radius 1 is 1.06 bits per heavy atom. The van der Waals surface area contributed by atoms with Gasteiger partial charge in [0.1, 0.15) is 18.7 Å². The van der Waals surface area contributed by atoms with Gasteiger partial charge in [0.2, 0.25) is 5.91 Å². The van der Waals surface area contributed by atoms with Gasteiger partial charge in [-0.05, 0) is 61.0 Å². The third kappa shape index (κ3) is 8.81. The molecular formula is C29H21ClF6N6O4S. The van der Waals surface area contributed by atoms with Gasteiger partial charge in [-0.1, -0.05) is 35.5 Å². The second kappa shape index (κ2) is 13.6. The topological polar surface area (TPSA) is 111 Å². The maximum absolute atomic E-state index is 12.9. The summed E-state index contributed by atoms with van der Waals surface area (Å²) in [6.07, 6.45) is -8.00. The molecule has 1 aliphatic rings. The summed E-state index contributed by atoms with van der Waals surface area (Å²) < 4.78 is 85.1. The molecule has 10 nitrogen and oxygen atoms in total. The van der Waals surface area contributed by atoms with Crippen LogP contribution in [0.5, 0.6) is 5.75 Å². The van der Waals surface area contributed by atoms with Crippen LogP contribution in [-0.2, 0) is 16.1 Å². The molecule has 0 unspecified atom stereocenters. The van der Waals surface area contributed by atoms with E-state index in [0.29, 0.717) is 22.4 Å². The van der Waals surface area contributed by atoms with Crippen LogP contribution in [0.25, 0.3) is 17.1 Å². The van der Waals surface area contributed by atoms with E-state index in [-0.39, 0.29) is 33.1 Å². The van der Waals surface area contributed by atoms with E-state index in [1.54, 1.807) is 25.1 Å². The number of carbonyl (C=O) groups excluding carboxylic acids is 2. The molecule has 2 heterocycles. The average molecular weight is 699 g/mol. The van der Waals surface area contributed by atoms with E-state index >= 15 is 0 Å². The van der Waals surface area contributed by atoms with Crippen LogP contribution >= 0.6 is 23.4 Å². The van der Waals surface area contributed by atoms with Crippen molar-refractivity contribution in [1.82, 2.24) is 14.8 Å². The summed E-state index contributed by atoms with van der Waals surface area (Å²) in [7, 11) is 0. The Morgan fingerprint density at radius 3 is 2.49 bits per heavy atom. The van der Waals surface area contributed by atoms with Crippen LogP contribution < -0.4 is 15.0 Å². The molecule has 1 aromatic heterocycles. The van der Waals surface area contributed by atoms with Gasteiger partial charge in [-0.3, -0.25) is 9.69 Å². The number of aromatic nitrogens is 3. The van der Waals surface area contributed by atoms with Crippen molar-refractivity contribution in [3.05, 3.63) is 83.1 Å². The monoisotopic (exact) mass is 698 g/mol. The number of aliphatic imine (C=N–C) groups is 1. The van der Waals surface area contributed by atoms with Crippen LogP contribution in [0.4, 0.5) is 42.5 Å². The number of carbonyl (C=O) groups is 2. The Labute approximate surface area is 271 Å². The van der Waals surface area contributed by atoms with E-state index in [0.717, 1.165) is 28.8 Å². The molecule has 3 amide bonds. The highest BCUT2D eigenvalue weighted by Gasteiger charge is 2.33. The number of rotatable bonds is 8. The first-order valence-electron chi connectivity index (χ1n) is 13.3. The molecule has 0 radical (unpaired) electrons. The van der Waals surface area contributed by atoms with Gasteiger partial charge in [-0.15, -0.1) is 18.3 Å². The van der Waals surface area contributed by atoms with E-state index in [9.17, 15) is 35.9 Å². The smallest absolute Gasteiger partial charge is 0.406 e. The Bertz CT molecular complexity index is 1830. The first kappa shape index (κ1) is 33.7. The van der Waals surface area contributed by atoms with Crippen LogP contribution in [-0.4, -0.2) is 56.8 Å². The Balaban J connectivity index is 1.29. The Hall–Kier alpha value is -4.61. The molecule has 246 valence electrons. The molecule has 18 heteroatoms. The highest BCUT2D eigenvalue weighted by molar-refractivity contribution is 8.15. The van der Waals surface area contributed by atoms with Gasteiger partial charge in [-0.2, -0.15) is 18.2 Å². The second-order valence-electron chi connectivity index (χ2n) is 9.83. The number of anilines is 2. The first-order valence-corrected chi connectivity index (χ1v) is 14.7. The minimum absolute atomic E-state index is 0.00987. The fourth-order valence-corrected chi connectivity index (χ4v) is 5.35. The van der Waals surface area contributed by atoms with Gasteiger partial charge in [0, 0.05) is 11.1 Å². The molecule has 1 N–H and O–H groups in total. The normalized spacial score (nSPS) is 14.6. The van der Waals surface area contributed by atoms with E-state index < -0.39 is 43.4 Å². The van der Waals surface area contributed by atoms with Crippen molar-refractivity contribution in [3.63, 3.8) is 0 Å². The number of alkyl halides is 6. The van der Waals surface area contributed by atoms with E-state index in [2.05, 4.69) is 25.1 Å². The van der Waals surface area contributed by atoms with Crippen LogP contribution in [0.15, 0.2) is 72.0 Å². The SMILES string of the molecule is Cc1ccc(COCC(F)(F)F)c(N2C(=O)CSC2=NC(=O)Nc2ccc(-c3ncn(-c4ccc(OC(F)(F)F)cc4)n3)cc2Cl)c1. The first-order chi connectivity index (χ1) is 22.1. The second-order valence-corrected chi connectivity index (χ2v) is 11.2. The molecule has 0 aliphatic carbocycles. The lowest BCUT2D eigenvalue weighted by Crippen LogP contribution is -2.31. The maximum atomic E-state index is 12.9. The summed E-state index contributed by atoms with van der Waals surface area (Å²) in [6.45, 7) is -0.163. The molecule has 0 saturated carbocycles. The number of nitrogens with one attached hydrogen (secondary N) is 1. The molecule has 47 heavy (non-hydrogen) atoms. The van der Waals surface area contributed by atoms with Crippen LogP contribution in [0, 0.1) is 6.92 Å². The predicted octanol–water partition coefficient (Wildman–Crippen LogP) is 7.54. The number of halogens is 7. The number of hydrogen-bond donors (Lipinski definition) is 1. The standard InChI is InChI=1S/C29H21ClF6N6O4S/c1-16-2-3-18(12-45-14-28(31,32)33)23(10-16)42-24(43)13-47-27(42)39-26(44)38-22-9-4-17(11-21(22)30)25-37-15-41(40-25)19-5-7-20(8-6-19)46-29(34,35)36/h2-11,15H,12-14H2,1H3,(H,38,44). The predicted molar refractivity (Wildman–Crippen MR) is 162 cm³/mol. The van der Waals surface area contributed by atoms with Gasteiger partial charge in [0.05, 0.1) is 34.4 Å². The quantitative estimate of drug-likeness (QED) is 0.189. The molecule has 1 saturated heterocycles. The van der Waals surface area contributed by atoms with E-state index in [4.69, 9.17) is 16.3 Å². The van der Waals surface area contributed by atoms with Crippen molar-refractivity contribution >= 4 is 51.8 Å². The summed E-state index contributed by atoms with van der Waals surface area (Å²) >= 11 is 7.38. The van der Waals surface area contributed by atoms with Crippen molar-refractivity contribution in [2.75, 3.05) is 22.6 Å². The molecule has 0 bridgehead atoms. The maximum Gasteiger partial charge on any atom is 0.573 e. The lowest BCUT2D eigenvalue weighted by atomic mass is 10.1. The molecular weight excluding hydrogens is 678 g/mol. The van der Waals surface area contributed by atoms with Crippen LogP contribution in [0.1, 0.15) is 11.1 Å². The zero-order valence-corrected chi connectivity index (χ0v) is 25.5. The minimum atomic E-state index is -4.82. The van der Waals surface area contributed by atoms with Gasteiger partial charge >= 0.3 is 18.6 Å². The van der Waals surface area contributed by atoms with Crippen molar-refractivity contribution in [2.24, 2.45) is 4.99 Å². The summed E-state index contributed by atoms with van der Waals surface area (Å²) in [5, 5.41) is 6.95. The molecule has 5 rings (SSSR count). The zero-order valence-electron chi connectivity index (χ0n) is 23.9. The number of urea groups is 1. The van der Waals surface area contributed by atoms with E-state index in [1.807, 2.05) is 0 Å². The fourth-order valence-electron chi connectivity index (χ4n) is 4.27. The minimum Gasteiger partial charge on any atom is -0.406 e. The summed E-state index contributed by atoms with van der Waals surface area (Å²) in [5.41, 5.74) is 2.30. The number of thioether (sulfide) groups is 1. The molecule has 0 atom stereocenters. The van der Waals surface area contributed by atoms with Crippen molar-refractivity contribution in [2.45, 2.75) is 26.1 Å². The number of hydrogen-bond acceptors (Lipinski definition) is 7. The van der Waals surface area contributed by atoms with Gasteiger partial charge in [-0.25, -0.2) is 14.5 Å². The lowest BCUT2D eigenvalue weighted by Gasteiger charge is -2.21. The third-order valence-electron chi connectivity index (χ3n) is 6.26. The van der Waals surface area contributed by atoms with Crippen molar-refractivity contribution in [3.8, 4) is 22.8 Å². The van der Waals surface area contributed by atoms with Gasteiger partial charge in [0.25, 0.3) is 0 Å². The summed E-state index contributed by atoms with van der Waals surface area (Å²) in [5.74, 6) is -0.644. The Kier molecular flexibility index (Phi) is 9.78. The molecule has 0 spiro atoms.